The number of nitrogens with one attached hydrogen (secondary N) is 1. The number of pyridine rings is 1. The highest BCUT2D eigenvalue weighted by Gasteiger charge is 2.35. The average Bonchev–Trinajstić information content (AvgIpc) is 2.68. The number of likely N-dealkylation sites (tertiary alicyclic amines) is 1. The van der Waals surface area contributed by atoms with Crippen molar-refractivity contribution in [3.8, 4) is 11.5 Å². The maximum Gasteiger partial charge on any atom is 0.250 e. The lowest BCUT2D eigenvalue weighted by Crippen LogP contribution is -2.50. The van der Waals surface area contributed by atoms with Gasteiger partial charge in [-0.2, -0.15) is 0 Å². The minimum atomic E-state index is 0.0949. The topological polar surface area (TPSA) is 55.7 Å². The minimum Gasteiger partial charge on any atom is -0.497 e. The lowest BCUT2D eigenvalue weighted by atomic mass is 9.83. The van der Waals surface area contributed by atoms with Gasteiger partial charge in [0.1, 0.15) is 11.5 Å². The van der Waals surface area contributed by atoms with Crippen LogP contribution in [0.2, 0.25) is 0 Å². The van der Waals surface area contributed by atoms with E-state index in [0.29, 0.717) is 22.7 Å². The molecule has 1 fully saturated rings. The number of piperidine rings is 1. The van der Waals surface area contributed by atoms with Crippen LogP contribution in [0.15, 0.2) is 41.2 Å². The van der Waals surface area contributed by atoms with Crippen molar-refractivity contribution < 1.29 is 9.47 Å². The van der Waals surface area contributed by atoms with Crippen molar-refractivity contribution in [2.75, 3.05) is 32.6 Å². The number of rotatable bonds is 3. The molecule has 1 unspecified atom stereocenters. The fourth-order valence-corrected chi connectivity index (χ4v) is 4.43. The van der Waals surface area contributed by atoms with Crippen LogP contribution in [0, 0.1) is 5.92 Å². The molecule has 0 aliphatic carbocycles. The molecule has 2 aliphatic rings. The van der Waals surface area contributed by atoms with Crippen molar-refractivity contribution in [2.24, 2.45) is 5.92 Å². The maximum absolute atomic E-state index is 12.2. The van der Waals surface area contributed by atoms with Crippen molar-refractivity contribution in [3.63, 3.8) is 0 Å². The van der Waals surface area contributed by atoms with Crippen LogP contribution in [0.25, 0.3) is 0 Å². The van der Waals surface area contributed by atoms with Crippen LogP contribution < -0.4 is 20.3 Å². The normalized spacial score (nSPS) is 20.6. The quantitative estimate of drug-likeness (QED) is 0.820. The van der Waals surface area contributed by atoms with Crippen molar-refractivity contribution in [1.29, 1.82) is 0 Å². The van der Waals surface area contributed by atoms with Crippen LogP contribution in [-0.2, 0) is 6.54 Å². The Kier molecular flexibility index (Phi) is 4.78. The summed E-state index contributed by atoms with van der Waals surface area (Å²) in [6.07, 6.45) is 1.10. The first-order valence-corrected chi connectivity index (χ1v) is 9.47. The van der Waals surface area contributed by atoms with E-state index >= 15 is 0 Å². The third-order valence-electron chi connectivity index (χ3n) is 5.42. The zero-order chi connectivity index (χ0) is 19.0. The van der Waals surface area contributed by atoms with Gasteiger partial charge in [0.15, 0.2) is 5.11 Å². The summed E-state index contributed by atoms with van der Waals surface area (Å²) in [5.41, 5.74) is 2.00. The molecule has 3 heterocycles. The molecule has 27 heavy (non-hydrogen) atoms. The van der Waals surface area contributed by atoms with Crippen molar-refractivity contribution in [1.82, 2.24) is 9.47 Å². The van der Waals surface area contributed by atoms with Gasteiger partial charge in [-0.05, 0) is 42.8 Å². The fourth-order valence-electron chi connectivity index (χ4n) is 4.17. The standard InChI is InChI=1S/C20H23N3O3S/c1-25-15-6-7-18(26-2)16(9-15)21-20(27)22-10-13-8-14(12-22)17-4-3-5-19(24)23(17)11-13/h3-7,9,13-14H,8,10-12H2,1-2H3,(H,21,27)/t13?,14-/m0/s1. The third-order valence-corrected chi connectivity index (χ3v) is 5.78. The number of thiocarbonyl (C=S) groups is 1. The molecule has 1 N–H and O–H groups in total. The molecule has 4 rings (SSSR count). The lowest BCUT2D eigenvalue weighted by Gasteiger charge is -2.43. The van der Waals surface area contributed by atoms with E-state index in [9.17, 15) is 4.79 Å². The molecule has 7 heteroatoms. The number of benzene rings is 1. The molecule has 1 aromatic carbocycles. The Bertz CT molecular complexity index is 927. The van der Waals surface area contributed by atoms with E-state index in [1.165, 1.54) is 0 Å². The Morgan fingerprint density at radius 3 is 2.78 bits per heavy atom. The van der Waals surface area contributed by atoms with Crippen LogP contribution in [-0.4, -0.2) is 41.9 Å². The second-order valence-electron chi connectivity index (χ2n) is 7.10. The summed E-state index contributed by atoms with van der Waals surface area (Å²) in [5, 5.41) is 3.98. The van der Waals surface area contributed by atoms with Crippen LogP contribution in [0.5, 0.6) is 11.5 Å². The van der Waals surface area contributed by atoms with E-state index in [2.05, 4.69) is 16.3 Å². The zero-order valence-electron chi connectivity index (χ0n) is 15.5. The van der Waals surface area contributed by atoms with Crippen molar-refractivity contribution in [2.45, 2.75) is 18.9 Å². The molecule has 0 spiro atoms. The van der Waals surface area contributed by atoms with Crippen LogP contribution >= 0.6 is 12.2 Å². The third kappa shape index (κ3) is 3.39. The Balaban J connectivity index is 1.54. The Morgan fingerprint density at radius 2 is 2.00 bits per heavy atom. The van der Waals surface area contributed by atoms with Gasteiger partial charge in [0.2, 0.25) is 0 Å². The Labute approximate surface area is 163 Å². The van der Waals surface area contributed by atoms with Crippen molar-refractivity contribution in [3.05, 3.63) is 52.4 Å². The number of fused-ring (bicyclic) bond motifs is 4. The molecule has 0 amide bonds. The molecule has 0 radical (unpaired) electrons. The molecule has 2 bridgehead atoms. The van der Waals surface area contributed by atoms with E-state index < -0.39 is 0 Å². The number of hydrogen-bond acceptors (Lipinski definition) is 4. The Hall–Kier alpha value is -2.54. The lowest BCUT2D eigenvalue weighted by molar-refractivity contribution is 0.180. The first kappa shape index (κ1) is 17.9. The predicted molar refractivity (Wildman–Crippen MR) is 109 cm³/mol. The van der Waals surface area contributed by atoms with Gasteiger partial charge in [-0.25, -0.2) is 0 Å². The summed E-state index contributed by atoms with van der Waals surface area (Å²) in [6.45, 7) is 2.40. The van der Waals surface area contributed by atoms with E-state index in [0.717, 1.165) is 43.2 Å². The second-order valence-corrected chi connectivity index (χ2v) is 7.49. The van der Waals surface area contributed by atoms with Crippen LogP contribution in [0.4, 0.5) is 5.69 Å². The minimum absolute atomic E-state index is 0.0949. The van der Waals surface area contributed by atoms with Gasteiger partial charge in [0.25, 0.3) is 5.56 Å². The van der Waals surface area contributed by atoms with Crippen LogP contribution in [0.1, 0.15) is 18.0 Å². The van der Waals surface area contributed by atoms with E-state index in [1.54, 1.807) is 20.3 Å². The molecule has 0 saturated carbocycles. The number of ether oxygens (including phenoxy) is 2. The van der Waals surface area contributed by atoms with Gasteiger partial charge in [-0.1, -0.05) is 6.07 Å². The van der Waals surface area contributed by atoms with Crippen molar-refractivity contribution >= 4 is 23.0 Å². The van der Waals surface area contributed by atoms with Gasteiger partial charge >= 0.3 is 0 Å². The van der Waals surface area contributed by atoms with E-state index in [4.69, 9.17) is 21.7 Å². The number of aromatic nitrogens is 1. The molecule has 2 aliphatic heterocycles. The number of methoxy groups -OCH3 is 2. The molecular weight excluding hydrogens is 362 g/mol. The summed E-state index contributed by atoms with van der Waals surface area (Å²) >= 11 is 5.70. The van der Waals surface area contributed by atoms with Gasteiger partial charge in [-0.3, -0.25) is 4.79 Å². The number of anilines is 1. The molecule has 1 aromatic heterocycles. The highest BCUT2D eigenvalue weighted by atomic mass is 32.1. The fraction of sp³-hybridized carbons (Fsp3) is 0.400. The van der Waals surface area contributed by atoms with Gasteiger partial charge in [0, 0.05) is 43.4 Å². The summed E-state index contributed by atoms with van der Waals surface area (Å²) in [7, 11) is 3.27. The van der Waals surface area contributed by atoms with Gasteiger partial charge in [-0.15, -0.1) is 0 Å². The Morgan fingerprint density at radius 1 is 1.15 bits per heavy atom. The number of hydrogen-bond donors (Lipinski definition) is 1. The van der Waals surface area contributed by atoms with Gasteiger partial charge in [0.05, 0.1) is 19.9 Å². The van der Waals surface area contributed by atoms with Gasteiger partial charge < -0.3 is 24.3 Å². The molecule has 142 valence electrons. The average molecular weight is 385 g/mol. The molecule has 2 aromatic rings. The number of nitrogens with zero attached hydrogens (tertiary/aromatic N) is 2. The first-order chi connectivity index (χ1) is 13.1. The molecule has 2 atom stereocenters. The summed E-state index contributed by atoms with van der Waals surface area (Å²) in [4.78, 5) is 14.4. The largest absolute Gasteiger partial charge is 0.497 e. The summed E-state index contributed by atoms with van der Waals surface area (Å²) < 4.78 is 12.7. The smallest absolute Gasteiger partial charge is 0.250 e. The SMILES string of the molecule is COc1ccc(OC)c(NC(=S)N2CC3C[C@@H](C2)c2cccc(=O)n2C3)c1. The maximum atomic E-state index is 12.2. The van der Waals surface area contributed by atoms with Crippen LogP contribution in [0.3, 0.4) is 0 Å². The van der Waals surface area contributed by atoms with E-state index in [-0.39, 0.29) is 5.56 Å². The molecule has 1 saturated heterocycles. The zero-order valence-corrected chi connectivity index (χ0v) is 16.3. The highest BCUT2D eigenvalue weighted by molar-refractivity contribution is 7.80. The molecular formula is C20H23N3O3S. The monoisotopic (exact) mass is 385 g/mol. The highest BCUT2D eigenvalue weighted by Crippen LogP contribution is 2.36. The second kappa shape index (κ2) is 7.23. The summed E-state index contributed by atoms with van der Waals surface area (Å²) in [6, 6.07) is 11.2. The predicted octanol–water partition coefficient (Wildman–Crippen LogP) is 2.68. The summed E-state index contributed by atoms with van der Waals surface area (Å²) in [5.74, 6) is 2.19. The first-order valence-electron chi connectivity index (χ1n) is 9.06. The van der Waals surface area contributed by atoms with E-state index in [1.807, 2.05) is 28.8 Å². The molecule has 6 nitrogen and oxygen atoms in total.